The van der Waals surface area contributed by atoms with E-state index in [1.807, 2.05) is 0 Å². The lowest BCUT2D eigenvalue weighted by atomic mass is 10.1. The minimum Gasteiger partial charge on any atom is -0.480 e. The summed E-state index contributed by atoms with van der Waals surface area (Å²) in [5.41, 5.74) is -0.309. The lowest BCUT2D eigenvalue weighted by molar-refractivity contribution is -0.142. The number of nitrogens with zero attached hydrogens (tertiary/aromatic N) is 1. The van der Waals surface area contributed by atoms with E-state index in [9.17, 15) is 23.5 Å². The normalized spacial score (nSPS) is 20.6. The Morgan fingerprint density at radius 3 is 2.60 bits per heavy atom. The number of amides is 1. The van der Waals surface area contributed by atoms with Crippen molar-refractivity contribution in [3.05, 3.63) is 29.8 Å². The first-order chi connectivity index (χ1) is 11.6. The summed E-state index contributed by atoms with van der Waals surface area (Å²) in [6.45, 7) is 2.06. The summed E-state index contributed by atoms with van der Waals surface area (Å²) in [4.78, 5) is 25.1. The van der Waals surface area contributed by atoms with Gasteiger partial charge in [0.1, 0.15) is 22.8 Å². The third kappa shape index (κ3) is 4.97. The largest absolute Gasteiger partial charge is 0.480 e. The molecule has 1 unspecified atom stereocenters. The van der Waals surface area contributed by atoms with E-state index in [0.29, 0.717) is 5.56 Å². The van der Waals surface area contributed by atoms with Crippen molar-refractivity contribution in [3.8, 4) is 5.75 Å². The van der Waals surface area contributed by atoms with Crippen LogP contribution in [0.4, 0.5) is 13.6 Å². The molecule has 1 heterocycles. The highest BCUT2D eigenvalue weighted by Gasteiger charge is 2.44. The molecule has 0 bridgehead atoms. The molecule has 2 rings (SSSR count). The molecule has 1 aliphatic heterocycles. The first-order valence-electron chi connectivity index (χ1n) is 7.49. The number of halogens is 2. The fourth-order valence-electron chi connectivity index (χ4n) is 2.34. The Bertz CT molecular complexity index is 650. The highest BCUT2D eigenvalue weighted by atomic mass is 32.2. The van der Waals surface area contributed by atoms with Gasteiger partial charge in [0.05, 0.1) is 0 Å². The van der Waals surface area contributed by atoms with Gasteiger partial charge in [0.2, 0.25) is 0 Å². The Morgan fingerprint density at radius 2 is 2.04 bits per heavy atom. The maximum atomic E-state index is 12.5. The predicted molar refractivity (Wildman–Crippen MR) is 87.8 cm³/mol. The molecule has 25 heavy (non-hydrogen) atoms. The molecule has 1 saturated heterocycles. The SMILES string of the molecule is CC(C)(C)OC(=O)N1C(c2cccc(OC(F)F)c2)SC[C@H]1C(=O)O. The van der Waals surface area contributed by atoms with Gasteiger partial charge in [-0.25, -0.2) is 9.59 Å². The van der Waals surface area contributed by atoms with Crippen LogP contribution in [0.5, 0.6) is 5.75 Å². The highest BCUT2D eigenvalue weighted by molar-refractivity contribution is 7.99. The number of carboxylic acid groups (broad SMARTS) is 1. The standard InChI is InChI=1S/C16H19F2NO5S/c1-16(2,3)24-15(22)19-11(13(20)21)8-25-12(19)9-5-4-6-10(7-9)23-14(17)18/h4-7,11-12,14H,8H2,1-3H3,(H,20,21)/t11-,12?/m0/s1. The van der Waals surface area contributed by atoms with E-state index in [0.717, 1.165) is 4.90 Å². The smallest absolute Gasteiger partial charge is 0.412 e. The summed E-state index contributed by atoms with van der Waals surface area (Å²) in [6, 6.07) is 4.80. The van der Waals surface area contributed by atoms with Crippen LogP contribution in [0.15, 0.2) is 24.3 Å². The van der Waals surface area contributed by atoms with Crippen molar-refractivity contribution in [1.82, 2.24) is 4.90 Å². The average Bonchev–Trinajstić information content (AvgIpc) is 2.90. The van der Waals surface area contributed by atoms with Gasteiger partial charge in [-0.05, 0) is 38.5 Å². The van der Waals surface area contributed by atoms with E-state index < -0.39 is 35.7 Å². The number of thioether (sulfide) groups is 1. The topological polar surface area (TPSA) is 76.1 Å². The number of carbonyl (C=O) groups excluding carboxylic acids is 1. The van der Waals surface area contributed by atoms with Crippen LogP contribution in [-0.2, 0) is 9.53 Å². The zero-order valence-electron chi connectivity index (χ0n) is 13.9. The molecule has 2 atom stereocenters. The number of carbonyl (C=O) groups is 2. The number of alkyl halides is 2. The van der Waals surface area contributed by atoms with Gasteiger partial charge in [-0.15, -0.1) is 11.8 Å². The second kappa shape index (κ2) is 7.47. The van der Waals surface area contributed by atoms with Gasteiger partial charge in [0.25, 0.3) is 0 Å². The zero-order valence-corrected chi connectivity index (χ0v) is 14.8. The number of hydrogen-bond donors (Lipinski definition) is 1. The summed E-state index contributed by atoms with van der Waals surface area (Å²) >= 11 is 1.22. The molecule has 1 fully saturated rings. The maximum absolute atomic E-state index is 12.5. The minimum absolute atomic E-state index is 0.0592. The van der Waals surface area contributed by atoms with E-state index in [4.69, 9.17) is 4.74 Å². The van der Waals surface area contributed by atoms with Crippen molar-refractivity contribution in [2.45, 2.75) is 44.4 Å². The van der Waals surface area contributed by atoms with Gasteiger partial charge in [0, 0.05) is 5.75 Å². The molecule has 1 aromatic carbocycles. The molecule has 1 amide bonds. The van der Waals surface area contributed by atoms with E-state index >= 15 is 0 Å². The van der Waals surface area contributed by atoms with Crippen LogP contribution in [-0.4, -0.2) is 46.1 Å². The second-order valence-electron chi connectivity index (χ2n) is 6.38. The molecule has 1 aliphatic rings. The fourth-order valence-corrected chi connectivity index (χ4v) is 3.74. The zero-order chi connectivity index (χ0) is 18.8. The van der Waals surface area contributed by atoms with Crippen LogP contribution >= 0.6 is 11.8 Å². The number of aliphatic carboxylic acids is 1. The molecule has 9 heteroatoms. The lowest BCUT2D eigenvalue weighted by Crippen LogP contribution is -2.45. The average molecular weight is 375 g/mol. The van der Waals surface area contributed by atoms with E-state index in [1.165, 1.54) is 30.0 Å². The number of benzene rings is 1. The summed E-state index contributed by atoms with van der Waals surface area (Å²) < 4.78 is 34.5. The number of carboxylic acids is 1. The number of hydrogen-bond acceptors (Lipinski definition) is 5. The quantitative estimate of drug-likeness (QED) is 0.864. The summed E-state index contributed by atoms with van der Waals surface area (Å²) in [6.07, 6.45) is -0.768. The summed E-state index contributed by atoms with van der Waals surface area (Å²) in [5, 5.41) is 8.71. The first-order valence-corrected chi connectivity index (χ1v) is 8.54. The van der Waals surface area contributed by atoms with Crippen LogP contribution in [0, 0.1) is 0 Å². The molecule has 0 spiro atoms. The third-order valence-electron chi connectivity index (χ3n) is 3.26. The van der Waals surface area contributed by atoms with Crippen LogP contribution in [0.25, 0.3) is 0 Å². The van der Waals surface area contributed by atoms with Crippen molar-refractivity contribution in [2.24, 2.45) is 0 Å². The summed E-state index contributed by atoms with van der Waals surface area (Å²) in [5.74, 6) is -1.05. The fraction of sp³-hybridized carbons (Fsp3) is 0.500. The van der Waals surface area contributed by atoms with E-state index in [-0.39, 0.29) is 11.5 Å². The molecular formula is C16H19F2NO5S. The molecule has 0 aliphatic carbocycles. The Hall–Kier alpha value is -2.03. The van der Waals surface area contributed by atoms with Gasteiger partial charge in [-0.3, -0.25) is 4.90 Å². The van der Waals surface area contributed by atoms with Crippen LogP contribution in [0.3, 0.4) is 0 Å². The molecule has 0 saturated carbocycles. The lowest BCUT2D eigenvalue weighted by Gasteiger charge is -2.30. The predicted octanol–water partition coefficient (Wildman–Crippen LogP) is 3.72. The van der Waals surface area contributed by atoms with Crippen LogP contribution in [0.1, 0.15) is 31.7 Å². The van der Waals surface area contributed by atoms with Crippen molar-refractivity contribution in [3.63, 3.8) is 0 Å². The van der Waals surface area contributed by atoms with Crippen LogP contribution < -0.4 is 4.74 Å². The molecular weight excluding hydrogens is 356 g/mol. The van der Waals surface area contributed by atoms with Crippen molar-refractivity contribution >= 4 is 23.8 Å². The van der Waals surface area contributed by atoms with Crippen LogP contribution in [0.2, 0.25) is 0 Å². The Kier molecular flexibility index (Phi) is 5.76. The van der Waals surface area contributed by atoms with Crippen molar-refractivity contribution in [2.75, 3.05) is 5.75 Å². The van der Waals surface area contributed by atoms with Gasteiger partial charge < -0.3 is 14.6 Å². The Balaban J connectivity index is 2.31. The molecule has 6 nitrogen and oxygen atoms in total. The molecule has 1 N–H and O–H groups in total. The first kappa shape index (κ1) is 19.3. The monoisotopic (exact) mass is 375 g/mol. The van der Waals surface area contributed by atoms with Gasteiger partial charge in [0.15, 0.2) is 0 Å². The Morgan fingerprint density at radius 1 is 1.36 bits per heavy atom. The Labute approximate surface area is 148 Å². The molecule has 1 aromatic rings. The van der Waals surface area contributed by atoms with Gasteiger partial charge >= 0.3 is 18.7 Å². The van der Waals surface area contributed by atoms with Crippen molar-refractivity contribution < 1.29 is 33.0 Å². The second-order valence-corrected chi connectivity index (χ2v) is 7.49. The van der Waals surface area contributed by atoms with Gasteiger partial charge in [-0.2, -0.15) is 8.78 Å². The van der Waals surface area contributed by atoms with Gasteiger partial charge in [-0.1, -0.05) is 12.1 Å². The maximum Gasteiger partial charge on any atom is 0.412 e. The van der Waals surface area contributed by atoms with Crippen molar-refractivity contribution in [1.29, 1.82) is 0 Å². The minimum atomic E-state index is -2.97. The number of rotatable bonds is 4. The van der Waals surface area contributed by atoms with E-state index in [2.05, 4.69) is 4.74 Å². The highest BCUT2D eigenvalue weighted by Crippen LogP contribution is 2.43. The van der Waals surface area contributed by atoms with E-state index in [1.54, 1.807) is 26.8 Å². The summed E-state index contributed by atoms with van der Waals surface area (Å²) in [7, 11) is 0. The third-order valence-corrected chi connectivity index (χ3v) is 4.58. The molecule has 0 radical (unpaired) electrons. The molecule has 138 valence electrons. The molecule has 0 aromatic heterocycles. The number of ether oxygens (including phenoxy) is 2.